The van der Waals surface area contributed by atoms with Crippen molar-refractivity contribution in [3.63, 3.8) is 0 Å². The maximum atomic E-state index is 12.0. The van der Waals surface area contributed by atoms with E-state index in [1.54, 1.807) is 26.0 Å². The minimum absolute atomic E-state index is 0.0536. The molecule has 3 heterocycles. The van der Waals surface area contributed by atoms with Crippen molar-refractivity contribution < 1.29 is 86.6 Å². The first-order chi connectivity index (χ1) is 22.6. The molecule has 268 valence electrons. The van der Waals surface area contributed by atoms with Gasteiger partial charge in [0.1, 0.15) is 49.8 Å². The minimum Gasteiger partial charge on any atom is -0.463 e. The van der Waals surface area contributed by atoms with Gasteiger partial charge in [-0.2, -0.15) is 0 Å². The van der Waals surface area contributed by atoms with Crippen LogP contribution >= 0.6 is 0 Å². The van der Waals surface area contributed by atoms with Crippen LogP contribution in [0.1, 0.15) is 41.5 Å². The van der Waals surface area contributed by atoms with Gasteiger partial charge in [0, 0.05) is 34.6 Å². The molecule has 0 aliphatic carbocycles. The molecule has 3 aliphatic rings. The molecule has 1 unspecified atom stereocenters. The molecular formula is C30H40O18. The summed E-state index contributed by atoms with van der Waals surface area (Å²) >= 11 is 0. The van der Waals surface area contributed by atoms with E-state index in [0.717, 1.165) is 27.7 Å². The predicted molar refractivity (Wildman–Crippen MR) is 153 cm³/mol. The fourth-order valence-electron chi connectivity index (χ4n) is 5.28. The van der Waals surface area contributed by atoms with Crippen LogP contribution in [0.15, 0.2) is 18.2 Å². The van der Waals surface area contributed by atoms with E-state index in [9.17, 15) is 34.5 Å². The number of ether oxygens (including phenoxy) is 11. The van der Waals surface area contributed by atoms with E-state index in [-0.39, 0.29) is 23.9 Å². The van der Waals surface area contributed by atoms with Crippen LogP contribution in [0.5, 0.6) is 17.2 Å². The Labute approximate surface area is 274 Å². The second kappa shape index (κ2) is 15.6. The molecule has 1 aromatic rings. The van der Waals surface area contributed by atoms with Crippen molar-refractivity contribution in [1.82, 2.24) is 0 Å². The summed E-state index contributed by atoms with van der Waals surface area (Å²) in [6.07, 6.45) is -16.2. The number of esters is 4. The van der Waals surface area contributed by atoms with Gasteiger partial charge < -0.3 is 67.4 Å². The molecule has 1 aromatic carbocycles. The van der Waals surface area contributed by atoms with Crippen LogP contribution in [0.2, 0.25) is 0 Å². The molecule has 3 N–H and O–H groups in total. The maximum absolute atomic E-state index is 12.0. The Balaban J connectivity index is 1.59. The van der Waals surface area contributed by atoms with Crippen LogP contribution in [0.4, 0.5) is 0 Å². The van der Waals surface area contributed by atoms with Crippen molar-refractivity contribution in [2.24, 2.45) is 0 Å². The number of hydrogen-bond donors (Lipinski definition) is 3. The van der Waals surface area contributed by atoms with Gasteiger partial charge in [0.2, 0.25) is 12.0 Å². The monoisotopic (exact) mass is 688 g/mol. The van der Waals surface area contributed by atoms with Gasteiger partial charge in [0.25, 0.3) is 0 Å². The Bertz CT molecular complexity index is 1320. The molecule has 3 aliphatic heterocycles. The zero-order valence-electron chi connectivity index (χ0n) is 27.1. The highest BCUT2D eigenvalue weighted by molar-refractivity contribution is 5.68. The number of aliphatic hydroxyl groups excluding tert-OH is 3. The van der Waals surface area contributed by atoms with Crippen LogP contribution in [0, 0.1) is 0 Å². The smallest absolute Gasteiger partial charge is 0.369 e. The van der Waals surface area contributed by atoms with Crippen molar-refractivity contribution in [3.8, 4) is 17.2 Å². The van der Waals surface area contributed by atoms with Gasteiger partial charge in [-0.25, -0.2) is 0 Å². The van der Waals surface area contributed by atoms with E-state index < -0.39 is 104 Å². The molecule has 0 bridgehead atoms. The number of benzene rings is 1. The molecule has 18 heteroatoms. The third-order valence-corrected chi connectivity index (χ3v) is 7.23. The number of aliphatic hydroxyl groups is 3. The van der Waals surface area contributed by atoms with E-state index in [1.807, 2.05) is 0 Å². The van der Waals surface area contributed by atoms with Crippen LogP contribution in [0.3, 0.4) is 0 Å². The van der Waals surface area contributed by atoms with Crippen LogP contribution in [-0.2, 0) is 57.1 Å². The zero-order chi connectivity index (χ0) is 35.3. The molecule has 0 spiro atoms. The summed E-state index contributed by atoms with van der Waals surface area (Å²) in [6.45, 7) is 6.88. The second-order valence-corrected chi connectivity index (χ2v) is 11.1. The first-order valence-corrected chi connectivity index (χ1v) is 15.1. The zero-order valence-corrected chi connectivity index (χ0v) is 27.1. The Morgan fingerprint density at radius 1 is 0.750 bits per heavy atom. The van der Waals surface area contributed by atoms with Crippen LogP contribution < -0.4 is 14.2 Å². The van der Waals surface area contributed by atoms with E-state index in [0.29, 0.717) is 0 Å². The second-order valence-electron chi connectivity index (χ2n) is 11.1. The Hall–Kier alpha value is -3.78. The molecular weight excluding hydrogens is 648 g/mol. The third-order valence-electron chi connectivity index (χ3n) is 7.23. The molecule has 2 saturated heterocycles. The number of fused-ring (bicyclic) bond motifs is 1. The molecule has 18 nitrogen and oxygen atoms in total. The molecule has 11 atom stereocenters. The number of carbonyl (C=O) groups is 4. The molecule has 0 saturated carbocycles. The normalized spacial score (nSPS) is 34.1. The average molecular weight is 689 g/mol. The van der Waals surface area contributed by atoms with E-state index in [4.69, 9.17) is 52.1 Å². The van der Waals surface area contributed by atoms with Crippen molar-refractivity contribution in [2.45, 2.75) is 109 Å². The van der Waals surface area contributed by atoms with Gasteiger partial charge >= 0.3 is 29.9 Å². The summed E-state index contributed by atoms with van der Waals surface area (Å²) in [4.78, 5) is 47.1. The molecule has 48 heavy (non-hydrogen) atoms. The van der Waals surface area contributed by atoms with Gasteiger partial charge in [0.15, 0.2) is 30.0 Å². The summed E-state index contributed by atoms with van der Waals surface area (Å²) in [7, 11) is 0. The highest BCUT2D eigenvalue weighted by Gasteiger charge is 2.54. The van der Waals surface area contributed by atoms with Gasteiger partial charge in [-0.05, 0) is 19.1 Å². The van der Waals surface area contributed by atoms with E-state index >= 15 is 0 Å². The molecule has 0 radical (unpaired) electrons. The van der Waals surface area contributed by atoms with Crippen molar-refractivity contribution >= 4 is 23.9 Å². The van der Waals surface area contributed by atoms with E-state index in [2.05, 4.69) is 0 Å². The molecule has 0 aromatic heterocycles. The predicted octanol–water partition coefficient (Wildman–Crippen LogP) is -0.546. The summed E-state index contributed by atoms with van der Waals surface area (Å²) in [5.41, 5.74) is 0. The van der Waals surface area contributed by atoms with Gasteiger partial charge in [0.05, 0.1) is 6.61 Å². The summed E-state index contributed by atoms with van der Waals surface area (Å²) in [6, 6.07) is 4.68. The lowest BCUT2D eigenvalue weighted by Gasteiger charge is -2.47. The van der Waals surface area contributed by atoms with Crippen molar-refractivity contribution in [1.29, 1.82) is 0 Å². The van der Waals surface area contributed by atoms with Crippen LogP contribution in [0.25, 0.3) is 0 Å². The minimum atomic E-state index is -1.86. The third kappa shape index (κ3) is 8.81. The topological polar surface area (TPSA) is 230 Å². The Morgan fingerprint density at radius 3 is 1.92 bits per heavy atom. The quantitative estimate of drug-likeness (QED) is 0.185. The number of carbonyl (C=O) groups excluding carboxylic acids is 4. The lowest BCUT2D eigenvalue weighted by atomic mass is 9.96. The van der Waals surface area contributed by atoms with Crippen molar-refractivity contribution in [2.75, 3.05) is 19.8 Å². The number of rotatable bonds is 12. The fourth-order valence-corrected chi connectivity index (χ4v) is 5.28. The molecule has 0 amide bonds. The first kappa shape index (κ1) is 37.0. The number of para-hydroxylation sites is 1. The Morgan fingerprint density at radius 2 is 1.33 bits per heavy atom. The van der Waals surface area contributed by atoms with Gasteiger partial charge in [-0.15, -0.1) is 0 Å². The molecule has 4 rings (SSSR count). The van der Waals surface area contributed by atoms with Crippen molar-refractivity contribution in [3.05, 3.63) is 18.2 Å². The number of hydrogen-bond acceptors (Lipinski definition) is 18. The summed E-state index contributed by atoms with van der Waals surface area (Å²) in [5.74, 6) is -4.12. The van der Waals surface area contributed by atoms with Crippen LogP contribution in [-0.4, -0.2) is 126 Å². The Kier molecular flexibility index (Phi) is 12.1. The van der Waals surface area contributed by atoms with Gasteiger partial charge in [-0.1, -0.05) is 6.07 Å². The average Bonchev–Trinajstić information content (AvgIpc) is 3.34. The lowest BCUT2D eigenvalue weighted by Crippen LogP contribution is -2.66. The summed E-state index contributed by atoms with van der Waals surface area (Å²) < 4.78 is 61.2. The largest absolute Gasteiger partial charge is 0.463 e. The SMILES string of the molecule is CCOC1(C)Oc2cccc(O[C@@H]3O[C@H](COC(C)=O)[C@@H](O[C@@H]4O[C@H](COC(C)=O)[C@H](OC(C)=O)[C@H](OC(C)=O)[C@H]4O)[C@H](O)[C@H]3O)c2O1. The van der Waals surface area contributed by atoms with Gasteiger partial charge in [-0.3, -0.25) is 19.2 Å². The first-order valence-electron chi connectivity index (χ1n) is 15.1. The molecule has 2 fully saturated rings. The summed E-state index contributed by atoms with van der Waals surface area (Å²) in [5, 5.41) is 33.6. The van der Waals surface area contributed by atoms with E-state index in [1.165, 1.54) is 6.07 Å². The standard InChI is InChI=1S/C30H40O18/c1-7-40-30(6)47-18-10-8-9-17(24(18)48-30)43-28-22(36)21(35)25(19(44-28)11-38-13(2)31)46-29-23(37)27(42-16(5)34)26(41-15(4)33)20(45-29)12-39-14(3)32/h8-10,19-23,25-29,35-37H,7,11-12H2,1-6H3/t19-,20-,21-,22-,23-,25-,26+,27-,28-,29+,30?/m1/s1. The lowest BCUT2D eigenvalue weighted by molar-refractivity contribution is -0.353. The highest BCUT2D eigenvalue weighted by Crippen LogP contribution is 2.47. The highest BCUT2D eigenvalue weighted by atomic mass is 16.9. The maximum Gasteiger partial charge on any atom is 0.369 e. The fraction of sp³-hybridized carbons (Fsp3) is 0.667.